The van der Waals surface area contributed by atoms with Crippen LogP contribution in [0.2, 0.25) is 0 Å². The highest BCUT2D eigenvalue weighted by atomic mass is 79.9. The van der Waals surface area contributed by atoms with E-state index in [9.17, 15) is 4.79 Å². The van der Waals surface area contributed by atoms with Gasteiger partial charge in [0.05, 0.1) is 12.7 Å². The number of benzene rings is 1. The first kappa shape index (κ1) is 14.5. The quantitative estimate of drug-likeness (QED) is 0.748. The van der Waals surface area contributed by atoms with Crippen molar-refractivity contribution < 1.29 is 9.53 Å². The molecule has 1 aliphatic rings. The van der Waals surface area contributed by atoms with Gasteiger partial charge in [-0.3, -0.25) is 4.90 Å². The first-order valence-electron chi connectivity index (χ1n) is 6.76. The first-order valence-corrected chi connectivity index (χ1v) is 7.55. The third kappa shape index (κ3) is 3.80. The lowest BCUT2D eigenvalue weighted by Crippen LogP contribution is -2.26. The van der Waals surface area contributed by atoms with Crippen LogP contribution in [0.5, 0.6) is 0 Å². The van der Waals surface area contributed by atoms with E-state index >= 15 is 0 Å². The molecule has 0 saturated heterocycles. The van der Waals surface area contributed by atoms with Crippen LogP contribution in [0.15, 0.2) is 22.7 Å². The van der Waals surface area contributed by atoms with Gasteiger partial charge in [0.15, 0.2) is 0 Å². The number of esters is 1. The van der Waals surface area contributed by atoms with Crippen molar-refractivity contribution >= 4 is 21.9 Å². The van der Waals surface area contributed by atoms with E-state index in [-0.39, 0.29) is 5.97 Å². The van der Waals surface area contributed by atoms with E-state index < -0.39 is 0 Å². The normalized spacial score (nSPS) is 14.7. The molecule has 0 N–H and O–H groups in total. The third-order valence-corrected chi connectivity index (χ3v) is 4.16. The number of ether oxygens (including phenoxy) is 1. The molecule has 1 aromatic rings. The number of nitrogens with zero attached hydrogens (tertiary/aromatic N) is 1. The van der Waals surface area contributed by atoms with Gasteiger partial charge in [-0.15, -0.1) is 0 Å². The van der Waals surface area contributed by atoms with Gasteiger partial charge in [-0.2, -0.15) is 0 Å². The average molecular weight is 326 g/mol. The Bertz CT molecular complexity index is 457. The van der Waals surface area contributed by atoms with Crippen LogP contribution in [0, 0.1) is 0 Å². The van der Waals surface area contributed by atoms with Gasteiger partial charge in [0.25, 0.3) is 0 Å². The Balaban J connectivity index is 2.09. The van der Waals surface area contributed by atoms with Crippen molar-refractivity contribution in [2.75, 3.05) is 13.7 Å². The molecule has 1 aromatic carbocycles. The van der Waals surface area contributed by atoms with Gasteiger partial charge in [-0.1, -0.05) is 28.9 Å². The summed E-state index contributed by atoms with van der Waals surface area (Å²) >= 11 is 3.56. The average Bonchev–Trinajstić information content (AvgIpc) is 3.23. The standard InChI is InChI=1S/C15H20BrNO2/c1-3-8-17(13-6-7-13)10-12-5-4-11(9-14(12)16)15(18)19-2/h4-5,9,13H,3,6-8,10H2,1-2H3. The summed E-state index contributed by atoms with van der Waals surface area (Å²) in [6, 6.07) is 6.45. The smallest absolute Gasteiger partial charge is 0.337 e. The number of carbonyl (C=O) groups excluding carboxylic acids is 1. The second-order valence-electron chi connectivity index (χ2n) is 5.00. The molecule has 0 unspecified atom stereocenters. The number of hydrogen-bond donors (Lipinski definition) is 0. The van der Waals surface area contributed by atoms with Crippen molar-refractivity contribution in [1.82, 2.24) is 4.90 Å². The summed E-state index contributed by atoms with van der Waals surface area (Å²) in [5, 5.41) is 0. The van der Waals surface area contributed by atoms with Gasteiger partial charge in [-0.25, -0.2) is 4.79 Å². The number of halogens is 1. The Labute approximate surface area is 123 Å². The minimum Gasteiger partial charge on any atom is -0.465 e. The van der Waals surface area contributed by atoms with Crippen LogP contribution in [0.25, 0.3) is 0 Å². The molecule has 3 nitrogen and oxygen atoms in total. The third-order valence-electron chi connectivity index (χ3n) is 3.42. The van der Waals surface area contributed by atoms with Crippen LogP contribution < -0.4 is 0 Å². The van der Waals surface area contributed by atoms with Gasteiger partial charge in [-0.05, 0) is 43.5 Å². The first-order chi connectivity index (χ1) is 9.15. The highest BCUT2D eigenvalue weighted by Gasteiger charge is 2.28. The van der Waals surface area contributed by atoms with Gasteiger partial charge >= 0.3 is 5.97 Å². The second kappa shape index (κ2) is 6.53. The van der Waals surface area contributed by atoms with E-state index in [1.165, 1.54) is 31.9 Å². The molecule has 0 spiro atoms. The predicted molar refractivity (Wildman–Crippen MR) is 79.2 cm³/mol. The van der Waals surface area contributed by atoms with Gasteiger partial charge in [0.2, 0.25) is 0 Å². The van der Waals surface area contributed by atoms with E-state index in [2.05, 4.69) is 27.8 Å². The zero-order valence-corrected chi connectivity index (χ0v) is 13.1. The van der Waals surface area contributed by atoms with Crippen LogP contribution >= 0.6 is 15.9 Å². The number of rotatable bonds is 6. The fourth-order valence-corrected chi connectivity index (χ4v) is 2.76. The molecule has 0 heterocycles. The Morgan fingerprint density at radius 3 is 2.74 bits per heavy atom. The molecule has 1 aliphatic carbocycles. The van der Waals surface area contributed by atoms with Crippen LogP contribution in [0.4, 0.5) is 0 Å². The van der Waals surface area contributed by atoms with Crippen molar-refractivity contribution in [3.63, 3.8) is 0 Å². The van der Waals surface area contributed by atoms with Crippen molar-refractivity contribution in [3.05, 3.63) is 33.8 Å². The zero-order valence-electron chi connectivity index (χ0n) is 11.5. The van der Waals surface area contributed by atoms with Crippen LogP contribution in [0.3, 0.4) is 0 Å². The number of carbonyl (C=O) groups is 1. The summed E-state index contributed by atoms with van der Waals surface area (Å²) in [7, 11) is 1.40. The fraction of sp³-hybridized carbons (Fsp3) is 0.533. The van der Waals surface area contributed by atoms with Crippen molar-refractivity contribution in [3.8, 4) is 0 Å². The van der Waals surface area contributed by atoms with Crippen molar-refractivity contribution in [2.45, 2.75) is 38.8 Å². The van der Waals surface area contributed by atoms with E-state index in [0.717, 1.165) is 23.6 Å². The summed E-state index contributed by atoms with van der Waals surface area (Å²) in [4.78, 5) is 14.0. The van der Waals surface area contributed by atoms with Crippen LogP contribution in [-0.4, -0.2) is 30.6 Å². The topological polar surface area (TPSA) is 29.5 Å². The van der Waals surface area contributed by atoms with Crippen molar-refractivity contribution in [1.29, 1.82) is 0 Å². The maximum absolute atomic E-state index is 11.5. The summed E-state index contributed by atoms with van der Waals surface area (Å²) in [5.74, 6) is -0.292. The molecule has 1 fully saturated rings. The summed E-state index contributed by atoms with van der Waals surface area (Å²) < 4.78 is 5.71. The molecule has 104 valence electrons. The highest BCUT2D eigenvalue weighted by molar-refractivity contribution is 9.10. The molecule has 1 saturated carbocycles. The number of methoxy groups -OCH3 is 1. The minimum atomic E-state index is -0.292. The molecule has 0 atom stereocenters. The van der Waals surface area contributed by atoms with Crippen LogP contribution in [0.1, 0.15) is 42.1 Å². The van der Waals surface area contributed by atoms with Crippen molar-refractivity contribution in [2.24, 2.45) is 0 Å². The predicted octanol–water partition coefficient (Wildman–Crippen LogP) is 3.61. The summed E-state index contributed by atoms with van der Waals surface area (Å²) in [5.41, 5.74) is 1.82. The maximum Gasteiger partial charge on any atom is 0.337 e. The monoisotopic (exact) mass is 325 g/mol. The Morgan fingerprint density at radius 1 is 1.47 bits per heavy atom. The molecule has 0 amide bonds. The summed E-state index contributed by atoms with van der Waals surface area (Å²) in [6.07, 6.45) is 3.81. The lowest BCUT2D eigenvalue weighted by molar-refractivity contribution is 0.0600. The van der Waals surface area contributed by atoms with Gasteiger partial charge in [0.1, 0.15) is 0 Å². The highest BCUT2D eigenvalue weighted by Crippen LogP contribution is 2.30. The molecule has 0 radical (unpaired) electrons. The zero-order chi connectivity index (χ0) is 13.8. The number of hydrogen-bond acceptors (Lipinski definition) is 3. The van der Waals surface area contributed by atoms with Crippen LogP contribution in [-0.2, 0) is 11.3 Å². The SMILES string of the molecule is CCCN(Cc1ccc(C(=O)OC)cc1Br)C1CC1. The Kier molecular flexibility index (Phi) is 4.99. The molecule has 2 rings (SSSR count). The van der Waals surface area contributed by atoms with Gasteiger partial charge < -0.3 is 4.74 Å². The largest absolute Gasteiger partial charge is 0.465 e. The fourth-order valence-electron chi connectivity index (χ4n) is 2.26. The van der Waals surface area contributed by atoms with E-state index in [4.69, 9.17) is 4.74 Å². The Hall–Kier alpha value is -0.870. The second-order valence-corrected chi connectivity index (χ2v) is 5.85. The molecule has 0 aromatic heterocycles. The molecular formula is C15H20BrNO2. The lowest BCUT2D eigenvalue weighted by atomic mass is 10.1. The van der Waals surface area contributed by atoms with E-state index in [1.807, 2.05) is 18.2 Å². The minimum absolute atomic E-state index is 0.292. The summed E-state index contributed by atoms with van der Waals surface area (Å²) in [6.45, 7) is 4.29. The van der Waals surface area contributed by atoms with Gasteiger partial charge in [0, 0.05) is 17.1 Å². The molecular weight excluding hydrogens is 306 g/mol. The molecule has 0 aliphatic heterocycles. The lowest BCUT2D eigenvalue weighted by Gasteiger charge is -2.22. The molecule has 4 heteroatoms. The molecule has 19 heavy (non-hydrogen) atoms. The van der Waals surface area contributed by atoms with E-state index in [1.54, 1.807) is 0 Å². The maximum atomic E-state index is 11.5. The molecule has 0 bridgehead atoms. The Morgan fingerprint density at radius 2 is 2.21 bits per heavy atom. The van der Waals surface area contributed by atoms with E-state index in [0.29, 0.717) is 5.56 Å².